The van der Waals surface area contributed by atoms with Gasteiger partial charge in [0.2, 0.25) is 5.95 Å². The molecule has 0 aliphatic carbocycles. The SMILES string of the molecule is CCc1cc(C2=N[C@@](c3ccc(C(F)(F)F)cc3)(c3ccnc(F)c3)[C@H](C)N2)c[nH]c1=O. The lowest BCUT2D eigenvalue weighted by molar-refractivity contribution is -0.137. The first kappa shape index (κ1) is 21.7. The van der Waals surface area contributed by atoms with Crippen molar-refractivity contribution in [2.45, 2.75) is 38.0 Å². The van der Waals surface area contributed by atoms with E-state index < -0.39 is 29.3 Å². The average molecular weight is 444 g/mol. The van der Waals surface area contributed by atoms with E-state index in [0.717, 1.165) is 12.1 Å². The van der Waals surface area contributed by atoms with E-state index in [9.17, 15) is 22.4 Å². The van der Waals surface area contributed by atoms with Crippen molar-refractivity contribution in [2.24, 2.45) is 4.99 Å². The van der Waals surface area contributed by atoms with Crippen LogP contribution in [0.3, 0.4) is 0 Å². The number of alkyl halides is 3. The molecule has 4 rings (SSSR count). The minimum Gasteiger partial charge on any atom is -0.364 e. The molecule has 1 aromatic carbocycles. The molecular formula is C23H20F4N4O. The fourth-order valence-electron chi connectivity index (χ4n) is 4.04. The van der Waals surface area contributed by atoms with Crippen LogP contribution in [0.4, 0.5) is 17.6 Å². The molecule has 3 aromatic rings. The van der Waals surface area contributed by atoms with Crippen molar-refractivity contribution in [1.82, 2.24) is 15.3 Å². The second-order valence-electron chi connectivity index (χ2n) is 7.63. The molecule has 0 bridgehead atoms. The van der Waals surface area contributed by atoms with Gasteiger partial charge in [-0.15, -0.1) is 0 Å². The Labute approximate surface area is 181 Å². The predicted octanol–water partition coefficient (Wildman–Crippen LogP) is 4.17. The molecule has 2 N–H and O–H groups in total. The third kappa shape index (κ3) is 3.68. The summed E-state index contributed by atoms with van der Waals surface area (Å²) in [6.07, 6.45) is -1.14. The number of aromatic nitrogens is 2. The number of aryl methyl sites for hydroxylation is 1. The lowest BCUT2D eigenvalue weighted by atomic mass is 9.79. The number of rotatable bonds is 4. The molecule has 1 aliphatic rings. The Morgan fingerprint density at radius 2 is 1.81 bits per heavy atom. The second-order valence-corrected chi connectivity index (χ2v) is 7.63. The van der Waals surface area contributed by atoms with Crippen LogP contribution >= 0.6 is 0 Å². The normalized spacial score (nSPS) is 20.7. The molecule has 0 saturated carbocycles. The first-order chi connectivity index (χ1) is 15.1. The van der Waals surface area contributed by atoms with Crippen molar-refractivity contribution >= 4 is 5.84 Å². The van der Waals surface area contributed by atoms with Crippen molar-refractivity contribution in [3.05, 3.63) is 99.0 Å². The van der Waals surface area contributed by atoms with Crippen LogP contribution in [-0.4, -0.2) is 21.8 Å². The maximum atomic E-state index is 14.0. The van der Waals surface area contributed by atoms with Gasteiger partial charge in [0.15, 0.2) is 0 Å². The summed E-state index contributed by atoms with van der Waals surface area (Å²) in [5, 5.41) is 3.26. The number of hydrogen-bond acceptors (Lipinski definition) is 4. The molecule has 32 heavy (non-hydrogen) atoms. The van der Waals surface area contributed by atoms with Gasteiger partial charge in [0.1, 0.15) is 11.4 Å². The van der Waals surface area contributed by atoms with Crippen LogP contribution in [0, 0.1) is 5.95 Å². The van der Waals surface area contributed by atoms with Crippen molar-refractivity contribution in [3.63, 3.8) is 0 Å². The molecule has 5 nitrogen and oxygen atoms in total. The summed E-state index contributed by atoms with van der Waals surface area (Å²) >= 11 is 0. The van der Waals surface area contributed by atoms with Crippen LogP contribution in [0.1, 0.15) is 41.7 Å². The third-order valence-corrected chi connectivity index (χ3v) is 5.72. The average Bonchev–Trinajstić information content (AvgIpc) is 3.11. The first-order valence-electron chi connectivity index (χ1n) is 10.0. The quantitative estimate of drug-likeness (QED) is 0.469. The fourth-order valence-corrected chi connectivity index (χ4v) is 4.04. The Bertz CT molecular complexity index is 1230. The number of benzene rings is 1. The standard InChI is InChI=1S/C23H20F4N4O/c1-3-14-10-15(12-29-21(14)32)20-30-13(2)22(31-20,18-8-9-28-19(24)11-18)16-4-6-17(7-5-16)23(25,26)27/h4-13H,3H2,1-2H3,(H,29,32)(H,30,31)/t13-,22-/m0/s1. The summed E-state index contributed by atoms with van der Waals surface area (Å²) in [6.45, 7) is 3.67. The smallest absolute Gasteiger partial charge is 0.364 e. The highest BCUT2D eigenvalue weighted by atomic mass is 19.4. The minimum absolute atomic E-state index is 0.201. The van der Waals surface area contributed by atoms with Crippen LogP contribution in [0.15, 0.2) is 64.6 Å². The van der Waals surface area contributed by atoms with Crippen LogP contribution in [0.2, 0.25) is 0 Å². The maximum absolute atomic E-state index is 14.0. The Morgan fingerprint density at radius 1 is 1.09 bits per heavy atom. The van der Waals surface area contributed by atoms with E-state index in [0.29, 0.717) is 34.5 Å². The highest BCUT2D eigenvalue weighted by Crippen LogP contribution is 2.42. The lowest BCUT2D eigenvalue weighted by Crippen LogP contribution is -2.41. The Hall–Kier alpha value is -3.49. The Balaban J connectivity index is 1.91. The van der Waals surface area contributed by atoms with Gasteiger partial charge in [-0.3, -0.25) is 4.79 Å². The van der Waals surface area contributed by atoms with Gasteiger partial charge in [-0.2, -0.15) is 17.6 Å². The Kier molecular flexibility index (Phi) is 5.36. The first-order valence-corrected chi connectivity index (χ1v) is 10.0. The number of pyridine rings is 2. The third-order valence-electron chi connectivity index (χ3n) is 5.72. The van der Waals surface area contributed by atoms with E-state index in [1.54, 1.807) is 12.1 Å². The van der Waals surface area contributed by atoms with Gasteiger partial charge in [0.05, 0.1) is 11.6 Å². The van der Waals surface area contributed by atoms with E-state index in [2.05, 4.69) is 15.3 Å². The van der Waals surface area contributed by atoms with Gasteiger partial charge in [-0.25, -0.2) is 9.98 Å². The molecular weight excluding hydrogens is 424 g/mol. The van der Waals surface area contributed by atoms with E-state index in [1.807, 2.05) is 13.8 Å². The minimum atomic E-state index is -4.48. The van der Waals surface area contributed by atoms with Crippen molar-refractivity contribution in [2.75, 3.05) is 0 Å². The summed E-state index contributed by atoms with van der Waals surface area (Å²) < 4.78 is 53.4. The Morgan fingerprint density at radius 3 is 2.44 bits per heavy atom. The van der Waals surface area contributed by atoms with Gasteiger partial charge < -0.3 is 10.3 Å². The van der Waals surface area contributed by atoms with E-state index in [4.69, 9.17) is 4.99 Å². The molecule has 0 fully saturated rings. The summed E-state index contributed by atoms with van der Waals surface area (Å²) in [6, 6.07) is 8.80. The van der Waals surface area contributed by atoms with Crippen LogP contribution < -0.4 is 10.9 Å². The van der Waals surface area contributed by atoms with Crippen LogP contribution in [0.25, 0.3) is 0 Å². The molecule has 166 valence electrons. The topological polar surface area (TPSA) is 70.1 Å². The van der Waals surface area contributed by atoms with Gasteiger partial charge >= 0.3 is 6.18 Å². The number of aromatic amines is 1. The molecule has 9 heteroatoms. The largest absolute Gasteiger partial charge is 0.416 e. The predicted molar refractivity (Wildman–Crippen MR) is 112 cm³/mol. The summed E-state index contributed by atoms with van der Waals surface area (Å²) in [7, 11) is 0. The number of halogens is 4. The van der Waals surface area contributed by atoms with E-state index >= 15 is 0 Å². The molecule has 1 aliphatic heterocycles. The number of amidine groups is 1. The van der Waals surface area contributed by atoms with Crippen molar-refractivity contribution in [3.8, 4) is 0 Å². The highest BCUT2D eigenvalue weighted by molar-refractivity contribution is 6.01. The highest BCUT2D eigenvalue weighted by Gasteiger charge is 2.45. The molecule has 0 saturated heterocycles. The lowest BCUT2D eigenvalue weighted by Gasteiger charge is -2.32. The molecule has 0 amide bonds. The molecule has 3 heterocycles. The van der Waals surface area contributed by atoms with Crippen LogP contribution in [-0.2, 0) is 18.1 Å². The van der Waals surface area contributed by atoms with Crippen molar-refractivity contribution < 1.29 is 17.6 Å². The molecule has 0 unspecified atom stereocenters. The van der Waals surface area contributed by atoms with Crippen LogP contribution in [0.5, 0.6) is 0 Å². The molecule has 2 atom stereocenters. The zero-order valence-corrected chi connectivity index (χ0v) is 17.3. The van der Waals surface area contributed by atoms with E-state index in [1.165, 1.54) is 30.6 Å². The summed E-state index contributed by atoms with van der Waals surface area (Å²) in [4.78, 5) is 23.1. The second kappa shape index (κ2) is 7.89. The monoisotopic (exact) mass is 444 g/mol. The number of H-pyrrole nitrogens is 1. The number of nitrogens with one attached hydrogen (secondary N) is 2. The number of nitrogens with zero attached hydrogens (tertiary/aromatic N) is 2. The molecule has 2 aromatic heterocycles. The maximum Gasteiger partial charge on any atom is 0.416 e. The number of aliphatic imine (C=N–C) groups is 1. The summed E-state index contributed by atoms with van der Waals surface area (Å²) in [5.41, 5.74) is -0.0861. The summed E-state index contributed by atoms with van der Waals surface area (Å²) in [5.74, 6) is -0.275. The van der Waals surface area contributed by atoms with Gasteiger partial charge in [0, 0.05) is 23.5 Å². The fraction of sp³-hybridized carbons (Fsp3) is 0.261. The molecule has 0 radical (unpaired) electrons. The van der Waals surface area contributed by atoms with Gasteiger partial charge in [-0.1, -0.05) is 19.1 Å². The zero-order chi connectivity index (χ0) is 23.1. The van der Waals surface area contributed by atoms with E-state index in [-0.39, 0.29) is 5.56 Å². The van der Waals surface area contributed by atoms with Gasteiger partial charge in [0.25, 0.3) is 5.56 Å². The van der Waals surface area contributed by atoms with Gasteiger partial charge in [-0.05, 0) is 54.8 Å². The molecule has 0 spiro atoms. The number of hydrogen-bond donors (Lipinski definition) is 2. The van der Waals surface area contributed by atoms with Crippen molar-refractivity contribution in [1.29, 1.82) is 0 Å². The zero-order valence-electron chi connectivity index (χ0n) is 17.3.